The number of hydrogen-bond donors (Lipinski definition) is 1. The van der Waals surface area contributed by atoms with Crippen molar-refractivity contribution in [3.63, 3.8) is 0 Å². The van der Waals surface area contributed by atoms with E-state index in [1.807, 2.05) is 4.90 Å². The first-order chi connectivity index (χ1) is 10.7. The number of hydrogen-bond acceptors (Lipinski definition) is 6. The van der Waals surface area contributed by atoms with Gasteiger partial charge in [-0.15, -0.1) is 0 Å². The van der Waals surface area contributed by atoms with Gasteiger partial charge in [-0.25, -0.2) is 9.37 Å². The van der Waals surface area contributed by atoms with Crippen LogP contribution in [0.25, 0.3) is 11.3 Å². The lowest BCUT2D eigenvalue weighted by Crippen LogP contribution is -2.37. The molecular weight excluding hydrogens is 287 g/mol. The summed E-state index contributed by atoms with van der Waals surface area (Å²) in [5.74, 6) is -0.0287. The highest BCUT2D eigenvalue weighted by Crippen LogP contribution is 2.32. The molecule has 0 aliphatic carbocycles. The molecule has 1 aliphatic heterocycles. The van der Waals surface area contributed by atoms with Gasteiger partial charge in [-0.05, 0) is 6.07 Å². The minimum absolute atomic E-state index is 0.0252. The van der Waals surface area contributed by atoms with E-state index in [0.717, 1.165) is 0 Å². The van der Waals surface area contributed by atoms with Crippen LogP contribution in [-0.4, -0.2) is 43.4 Å². The molecule has 0 radical (unpaired) electrons. The number of aromatic nitrogens is 2. The number of nitrogens with zero attached hydrogens (tertiary/aromatic N) is 3. The van der Waals surface area contributed by atoms with Gasteiger partial charge in [0, 0.05) is 30.9 Å². The highest BCUT2D eigenvalue weighted by Gasteiger charge is 2.20. The molecule has 3 rings (SSSR count). The Bertz CT molecular complexity index is 675. The molecule has 1 fully saturated rings. The summed E-state index contributed by atoms with van der Waals surface area (Å²) in [6, 6.07) is 3.39. The monoisotopic (exact) mass is 304 g/mol. The summed E-state index contributed by atoms with van der Waals surface area (Å²) < 4.78 is 25.0. The molecule has 2 aromatic heterocycles. The van der Waals surface area contributed by atoms with E-state index in [1.165, 1.54) is 13.3 Å². The van der Waals surface area contributed by atoms with Crippen molar-refractivity contribution in [2.24, 2.45) is 0 Å². The fraction of sp³-hybridized carbons (Fsp3) is 0.333. The number of pyridine rings is 2. The zero-order chi connectivity index (χ0) is 15.5. The lowest BCUT2D eigenvalue weighted by Gasteiger charge is -2.29. The van der Waals surface area contributed by atoms with Gasteiger partial charge in [0.15, 0.2) is 5.82 Å². The summed E-state index contributed by atoms with van der Waals surface area (Å²) in [4.78, 5) is 10.2. The van der Waals surface area contributed by atoms with Crippen LogP contribution >= 0.6 is 0 Å². The Hall–Kier alpha value is -2.41. The zero-order valence-corrected chi connectivity index (χ0v) is 12.3. The predicted molar refractivity (Wildman–Crippen MR) is 81.4 cm³/mol. The molecular formula is C15H17FN4O2. The maximum Gasteiger partial charge on any atom is 0.213 e. The van der Waals surface area contributed by atoms with Crippen molar-refractivity contribution in [2.75, 3.05) is 44.0 Å². The van der Waals surface area contributed by atoms with Crippen molar-refractivity contribution in [3.8, 4) is 17.1 Å². The summed E-state index contributed by atoms with van der Waals surface area (Å²) >= 11 is 0. The number of halogens is 1. The predicted octanol–water partition coefficient (Wildman–Crippen LogP) is 1.71. The van der Waals surface area contributed by atoms with Crippen molar-refractivity contribution < 1.29 is 13.9 Å². The van der Waals surface area contributed by atoms with Crippen molar-refractivity contribution >= 4 is 11.4 Å². The molecule has 3 heterocycles. The van der Waals surface area contributed by atoms with Crippen LogP contribution in [0.3, 0.4) is 0 Å². The summed E-state index contributed by atoms with van der Waals surface area (Å²) in [6.07, 6.45) is 3.09. The van der Waals surface area contributed by atoms with Crippen LogP contribution in [0.1, 0.15) is 0 Å². The normalized spacial score (nSPS) is 14.9. The average Bonchev–Trinajstić information content (AvgIpc) is 2.58. The van der Waals surface area contributed by atoms with Gasteiger partial charge < -0.3 is 20.1 Å². The minimum atomic E-state index is -0.456. The van der Waals surface area contributed by atoms with E-state index in [0.29, 0.717) is 49.1 Å². The van der Waals surface area contributed by atoms with Gasteiger partial charge in [-0.3, -0.25) is 4.98 Å². The van der Waals surface area contributed by atoms with Gasteiger partial charge in [-0.2, -0.15) is 0 Å². The van der Waals surface area contributed by atoms with Crippen molar-refractivity contribution in [1.29, 1.82) is 0 Å². The van der Waals surface area contributed by atoms with Gasteiger partial charge in [0.2, 0.25) is 5.88 Å². The van der Waals surface area contributed by atoms with E-state index in [1.54, 1.807) is 18.3 Å². The lowest BCUT2D eigenvalue weighted by atomic mass is 10.1. The number of morpholine rings is 1. The molecule has 7 heteroatoms. The minimum Gasteiger partial charge on any atom is -0.481 e. The fourth-order valence-corrected chi connectivity index (χ4v) is 2.42. The SMILES string of the molecule is COc1cc(-c2ncc(N3CCOCC3)c(F)c2N)ccn1. The molecule has 0 saturated carbocycles. The van der Waals surface area contributed by atoms with E-state index >= 15 is 0 Å². The molecule has 0 atom stereocenters. The molecule has 6 nitrogen and oxygen atoms in total. The largest absolute Gasteiger partial charge is 0.481 e. The highest BCUT2D eigenvalue weighted by molar-refractivity contribution is 5.76. The molecule has 0 bridgehead atoms. The first kappa shape index (κ1) is 14.5. The van der Waals surface area contributed by atoms with Crippen molar-refractivity contribution in [1.82, 2.24) is 9.97 Å². The Morgan fingerprint density at radius 1 is 1.32 bits per heavy atom. The van der Waals surface area contributed by atoms with Crippen LogP contribution in [-0.2, 0) is 4.74 Å². The van der Waals surface area contributed by atoms with Crippen LogP contribution in [0.4, 0.5) is 15.8 Å². The van der Waals surface area contributed by atoms with Crippen LogP contribution in [0.2, 0.25) is 0 Å². The second kappa shape index (κ2) is 6.15. The lowest BCUT2D eigenvalue weighted by molar-refractivity contribution is 0.122. The molecule has 0 unspecified atom stereocenters. The van der Waals surface area contributed by atoms with Crippen molar-refractivity contribution in [2.45, 2.75) is 0 Å². The van der Waals surface area contributed by atoms with Crippen LogP contribution in [0, 0.1) is 5.82 Å². The first-order valence-corrected chi connectivity index (χ1v) is 6.98. The van der Waals surface area contributed by atoms with E-state index < -0.39 is 5.82 Å². The Labute approximate surface area is 127 Å². The number of nitrogens with two attached hydrogens (primary N) is 1. The van der Waals surface area contributed by atoms with E-state index in [2.05, 4.69) is 9.97 Å². The molecule has 2 aromatic rings. The Morgan fingerprint density at radius 3 is 2.82 bits per heavy atom. The zero-order valence-electron chi connectivity index (χ0n) is 12.3. The van der Waals surface area contributed by atoms with Gasteiger partial charge in [-0.1, -0.05) is 0 Å². The highest BCUT2D eigenvalue weighted by atomic mass is 19.1. The maximum absolute atomic E-state index is 14.6. The fourth-order valence-electron chi connectivity index (χ4n) is 2.42. The Morgan fingerprint density at radius 2 is 2.09 bits per heavy atom. The summed E-state index contributed by atoms with van der Waals surface area (Å²) in [5, 5.41) is 0. The topological polar surface area (TPSA) is 73.5 Å². The number of anilines is 2. The van der Waals surface area contributed by atoms with E-state index in [4.69, 9.17) is 15.2 Å². The first-order valence-electron chi connectivity index (χ1n) is 6.98. The third-order valence-electron chi connectivity index (χ3n) is 3.60. The molecule has 1 aliphatic rings. The second-order valence-electron chi connectivity index (χ2n) is 4.91. The summed E-state index contributed by atoms with van der Waals surface area (Å²) in [7, 11) is 1.52. The van der Waals surface area contributed by atoms with Crippen molar-refractivity contribution in [3.05, 3.63) is 30.3 Å². The quantitative estimate of drug-likeness (QED) is 0.930. The Balaban J connectivity index is 1.98. The van der Waals surface area contributed by atoms with E-state index in [-0.39, 0.29) is 5.69 Å². The summed E-state index contributed by atoms with van der Waals surface area (Å²) in [6.45, 7) is 2.40. The molecule has 0 spiro atoms. The third-order valence-corrected chi connectivity index (χ3v) is 3.60. The Kier molecular flexibility index (Phi) is 4.06. The second-order valence-corrected chi connectivity index (χ2v) is 4.91. The number of rotatable bonds is 3. The third kappa shape index (κ3) is 2.67. The molecule has 22 heavy (non-hydrogen) atoms. The van der Waals surface area contributed by atoms with Crippen LogP contribution in [0.5, 0.6) is 5.88 Å². The van der Waals surface area contributed by atoms with Crippen LogP contribution < -0.4 is 15.4 Å². The average molecular weight is 304 g/mol. The van der Waals surface area contributed by atoms with Gasteiger partial charge >= 0.3 is 0 Å². The molecule has 116 valence electrons. The smallest absolute Gasteiger partial charge is 0.213 e. The molecule has 2 N–H and O–H groups in total. The number of ether oxygens (including phenoxy) is 2. The van der Waals surface area contributed by atoms with E-state index in [9.17, 15) is 4.39 Å². The standard InChI is InChI=1S/C15H17FN4O2/c1-21-12-8-10(2-3-18-12)15-14(17)13(16)11(9-19-15)20-4-6-22-7-5-20/h2-3,8-9H,4-7,17H2,1H3. The summed E-state index contributed by atoms with van der Waals surface area (Å²) in [5.41, 5.74) is 7.44. The maximum atomic E-state index is 14.6. The van der Waals surface area contributed by atoms with Gasteiger partial charge in [0.1, 0.15) is 0 Å². The molecule has 1 saturated heterocycles. The van der Waals surface area contributed by atoms with Crippen LogP contribution in [0.15, 0.2) is 24.5 Å². The number of methoxy groups -OCH3 is 1. The van der Waals surface area contributed by atoms with Gasteiger partial charge in [0.05, 0.1) is 43.6 Å². The van der Waals surface area contributed by atoms with Gasteiger partial charge in [0.25, 0.3) is 0 Å². The molecule has 0 amide bonds. The number of nitrogen functional groups attached to an aromatic ring is 1. The molecule has 0 aromatic carbocycles.